The van der Waals surface area contributed by atoms with Gasteiger partial charge in [-0.2, -0.15) is 31.8 Å². The molecular formula is C20H16Cl3F6N3O2. The number of carbonyl (C=O) groups excluding carboxylic acids is 1. The van der Waals surface area contributed by atoms with E-state index in [1.807, 2.05) is 0 Å². The number of hydrogen-bond acceptors (Lipinski definition) is 4. The third-order valence-electron chi connectivity index (χ3n) is 5.02. The SMILES string of the molecule is O=C(CCC(F)(F)F)NNc1cc(C2CC(c3cc(Cl)cc(Cl)c3)(C(F)(F)F)ON2)ccc1Cl. The Morgan fingerprint density at radius 3 is 2.29 bits per heavy atom. The fraction of sp³-hybridized carbons (Fsp3) is 0.350. The average molecular weight is 551 g/mol. The van der Waals surface area contributed by atoms with E-state index in [1.54, 1.807) is 0 Å². The van der Waals surface area contributed by atoms with Gasteiger partial charge in [0.25, 0.3) is 0 Å². The normalized spacial score (nSPS) is 20.9. The van der Waals surface area contributed by atoms with E-state index < -0.39 is 49.2 Å². The lowest BCUT2D eigenvalue weighted by molar-refractivity contribution is -0.282. The van der Waals surface area contributed by atoms with Gasteiger partial charge in [0.1, 0.15) is 0 Å². The highest BCUT2D eigenvalue weighted by Gasteiger charge is 2.62. The van der Waals surface area contributed by atoms with Gasteiger partial charge in [0.2, 0.25) is 11.5 Å². The molecule has 0 spiro atoms. The van der Waals surface area contributed by atoms with Gasteiger partial charge in [0.15, 0.2) is 0 Å². The van der Waals surface area contributed by atoms with Gasteiger partial charge in [-0.3, -0.25) is 20.5 Å². The summed E-state index contributed by atoms with van der Waals surface area (Å²) in [7, 11) is 0. The molecule has 1 saturated heterocycles. The standard InChI is InChI=1S/C20H16Cl3F6N3O2/c21-12-6-11(7-13(22)8-12)18(20(27,28)29)9-16(32-34-18)10-1-2-14(23)15(5-10)30-31-17(33)3-4-19(24,25)26/h1-2,5-8,16,30,32H,3-4,9H2,(H,31,33). The van der Waals surface area contributed by atoms with Gasteiger partial charge in [0.05, 0.1) is 23.2 Å². The minimum Gasteiger partial charge on any atom is -0.297 e. The minimum absolute atomic E-state index is 0.00239. The molecule has 0 aliphatic carbocycles. The summed E-state index contributed by atoms with van der Waals surface area (Å²) in [6.07, 6.45) is -12.1. The monoisotopic (exact) mass is 549 g/mol. The zero-order chi connectivity index (χ0) is 25.3. The molecule has 1 aliphatic rings. The Morgan fingerprint density at radius 2 is 1.71 bits per heavy atom. The zero-order valence-corrected chi connectivity index (χ0v) is 19.1. The second kappa shape index (κ2) is 9.98. The fourth-order valence-electron chi connectivity index (χ4n) is 3.34. The van der Waals surface area contributed by atoms with Crippen molar-refractivity contribution in [3.8, 4) is 0 Å². The van der Waals surface area contributed by atoms with Crippen LogP contribution in [-0.2, 0) is 15.2 Å². The number of alkyl halides is 6. The van der Waals surface area contributed by atoms with Crippen LogP contribution in [0.25, 0.3) is 0 Å². The van der Waals surface area contributed by atoms with Crippen LogP contribution in [0.2, 0.25) is 15.1 Å². The summed E-state index contributed by atoms with van der Waals surface area (Å²) in [4.78, 5) is 16.7. The smallest absolute Gasteiger partial charge is 0.297 e. The lowest BCUT2D eigenvalue weighted by Gasteiger charge is -2.30. The number of anilines is 1. The Hall–Kier alpha value is -1.92. The van der Waals surface area contributed by atoms with Crippen molar-refractivity contribution in [2.24, 2.45) is 0 Å². The van der Waals surface area contributed by atoms with Crippen LogP contribution in [0.15, 0.2) is 36.4 Å². The molecule has 14 heteroatoms. The molecule has 1 heterocycles. The first-order valence-corrected chi connectivity index (χ1v) is 10.7. The van der Waals surface area contributed by atoms with Crippen molar-refractivity contribution >= 4 is 46.4 Å². The molecule has 5 nitrogen and oxygen atoms in total. The van der Waals surface area contributed by atoms with Crippen LogP contribution in [0.3, 0.4) is 0 Å². The van der Waals surface area contributed by atoms with Gasteiger partial charge in [-0.15, -0.1) is 0 Å². The van der Waals surface area contributed by atoms with Crippen molar-refractivity contribution in [3.63, 3.8) is 0 Å². The largest absolute Gasteiger partial charge is 0.423 e. The highest BCUT2D eigenvalue weighted by atomic mass is 35.5. The van der Waals surface area contributed by atoms with E-state index in [2.05, 4.69) is 16.3 Å². The van der Waals surface area contributed by atoms with Crippen LogP contribution >= 0.6 is 34.8 Å². The van der Waals surface area contributed by atoms with E-state index >= 15 is 0 Å². The van der Waals surface area contributed by atoms with Crippen LogP contribution < -0.4 is 16.3 Å². The van der Waals surface area contributed by atoms with Crippen molar-refractivity contribution < 1.29 is 36.0 Å². The van der Waals surface area contributed by atoms with Crippen LogP contribution in [0.5, 0.6) is 0 Å². The Morgan fingerprint density at radius 1 is 1.06 bits per heavy atom. The molecule has 1 amide bonds. The van der Waals surface area contributed by atoms with E-state index in [0.29, 0.717) is 5.56 Å². The fourth-order valence-corrected chi connectivity index (χ4v) is 4.03. The molecule has 0 radical (unpaired) electrons. The van der Waals surface area contributed by atoms with Crippen LogP contribution in [0, 0.1) is 0 Å². The van der Waals surface area contributed by atoms with Crippen molar-refractivity contribution in [3.05, 3.63) is 62.6 Å². The number of carbonyl (C=O) groups is 1. The first-order valence-electron chi connectivity index (χ1n) is 9.58. The summed E-state index contributed by atoms with van der Waals surface area (Å²) in [5.41, 5.74) is 4.14. The number of rotatable bonds is 6. The summed E-state index contributed by atoms with van der Waals surface area (Å²) >= 11 is 17.8. The first kappa shape index (κ1) is 26.7. The molecule has 0 saturated carbocycles. The molecule has 3 rings (SSSR count). The molecule has 3 N–H and O–H groups in total. The second-order valence-corrected chi connectivity index (χ2v) is 8.77. The van der Waals surface area contributed by atoms with Crippen LogP contribution in [0.4, 0.5) is 32.0 Å². The maximum Gasteiger partial charge on any atom is 0.423 e. The predicted octanol–water partition coefficient (Wildman–Crippen LogP) is 6.86. The topological polar surface area (TPSA) is 62.4 Å². The summed E-state index contributed by atoms with van der Waals surface area (Å²) in [6, 6.07) is 6.66. The molecule has 2 atom stereocenters. The van der Waals surface area contributed by atoms with Gasteiger partial charge in [-0.05, 0) is 41.5 Å². The van der Waals surface area contributed by atoms with Gasteiger partial charge in [-0.1, -0.05) is 40.9 Å². The predicted molar refractivity (Wildman–Crippen MR) is 114 cm³/mol. The Kier molecular flexibility index (Phi) is 7.83. The Bertz CT molecular complexity index is 1050. The number of hydrazine groups is 1. The summed E-state index contributed by atoms with van der Waals surface area (Å²) in [5, 5.41) is 0.0670. The number of hydrogen-bond donors (Lipinski definition) is 3. The third-order valence-corrected chi connectivity index (χ3v) is 5.78. The summed E-state index contributed by atoms with van der Waals surface area (Å²) < 4.78 is 79.2. The molecule has 186 valence electrons. The van der Waals surface area contributed by atoms with Gasteiger partial charge in [-0.25, -0.2) is 0 Å². The highest BCUT2D eigenvalue weighted by molar-refractivity contribution is 6.34. The lowest BCUT2D eigenvalue weighted by atomic mass is 9.86. The second-order valence-electron chi connectivity index (χ2n) is 7.49. The molecule has 1 aliphatic heterocycles. The summed E-state index contributed by atoms with van der Waals surface area (Å²) in [6.45, 7) is 0. The van der Waals surface area contributed by atoms with E-state index in [0.717, 1.165) is 12.1 Å². The summed E-state index contributed by atoms with van der Waals surface area (Å²) in [5.74, 6) is -0.949. The highest BCUT2D eigenvalue weighted by Crippen LogP contribution is 2.52. The molecule has 0 aromatic heterocycles. The van der Waals surface area contributed by atoms with Crippen molar-refractivity contribution in [2.45, 2.75) is 43.3 Å². The first-order chi connectivity index (χ1) is 15.7. The van der Waals surface area contributed by atoms with Crippen LogP contribution in [-0.4, -0.2) is 18.3 Å². The maximum absolute atomic E-state index is 14.2. The van der Waals surface area contributed by atoms with Crippen molar-refractivity contribution in [1.82, 2.24) is 10.9 Å². The minimum atomic E-state index is -4.84. The van der Waals surface area contributed by atoms with Crippen molar-refractivity contribution in [1.29, 1.82) is 0 Å². The molecule has 2 unspecified atom stereocenters. The van der Waals surface area contributed by atoms with Gasteiger partial charge in [0, 0.05) is 22.9 Å². The van der Waals surface area contributed by atoms with E-state index in [4.69, 9.17) is 39.6 Å². The van der Waals surface area contributed by atoms with E-state index in [9.17, 15) is 31.1 Å². The Labute approximate surface area is 204 Å². The quantitative estimate of drug-likeness (QED) is 0.272. The average Bonchev–Trinajstić information content (AvgIpc) is 3.17. The van der Waals surface area contributed by atoms with E-state index in [1.165, 1.54) is 24.3 Å². The molecular weight excluding hydrogens is 535 g/mol. The number of hydroxylamine groups is 1. The zero-order valence-electron chi connectivity index (χ0n) is 16.9. The number of amides is 1. The van der Waals surface area contributed by atoms with Gasteiger partial charge < -0.3 is 0 Å². The van der Waals surface area contributed by atoms with E-state index in [-0.39, 0.29) is 26.3 Å². The third kappa shape index (κ3) is 6.19. The number of nitrogens with one attached hydrogen (secondary N) is 3. The Balaban J connectivity index is 1.80. The molecule has 0 bridgehead atoms. The number of benzene rings is 2. The maximum atomic E-state index is 14.2. The molecule has 2 aromatic carbocycles. The molecule has 34 heavy (non-hydrogen) atoms. The molecule has 2 aromatic rings. The molecule has 1 fully saturated rings. The number of halogens is 9. The lowest BCUT2D eigenvalue weighted by Crippen LogP contribution is -2.42. The van der Waals surface area contributed by atoms with Gasteiger partial charge >= 0.3 is 12.4 Å². The van der Waals surface area contributed by atoms with Crippen molar-refractivity contribution in [2.75, 3.05) is 5.43 Å². The van der Waals surface area contributed by atoms with Crippen LogP contribution in [0.1, 0.15) is 36.4 Å².